The zero-order valence-electron chi connectivity index (χ0n) is 23.1. The van der Waals surface area contributed by atoms with E-state index in [-0.39, 0.29) is 34.3 Å². The molecule has 5 rings (SSSR count). The van der Waals surface area contributed by atoms with Crippen LogP contribution in [0.4, 0.5) is 14.5 Å². The van der Waals surface area contributed by atoms with Gasteiger partial charge in [-0.15, -0.1) is 0 Å². The summed E-state index contributed by atoms with van der Waals surface area (Å²) in [6.45, 7) is 3.88. The molecule has 0 aliphatic heterocycles. The lowest BCUT2D eigenvalue weighted by atomic mass is 10.0. The molecule has 0 bridgehead atoms. The number of methoxy groups -OCH3 is 2. The normalized spacial score (nSPS) is 10.9. The van der Waals surface area contributed by atoms with E-state index in [0.29, 0.717) is 34.6 Å². The maximum absolute atomic E-state index is 15.2. The van der Waals surface area contributed by atoms with Crippen LogP contribution in [0.3, 0.4) is 0 Å². The number of hydrogen-bond donors (Lipinski definition) is 1. The number of aryl methyl sites for hydroxylation is 1. The quantitative estimate of drug-likeness (QED) is 0.258. The Morgan fingerprint density at radius 1 is 0.976 bits per heavy atom. The second-order valence-electron chi connectivity index (χ2n) is 9.04. The largest absolute Gasteiger partial charge is 0.491 e. The molecule has 5 aromatic rings. The zero-order valence-corrected chi connectivity index (χ0v) is 23.1. The van der Waals surface area contributed by atoms with Crippen molar-refractivity contribution in [3.8, 4) is 34.3 Å². The molecule has 0 saturated heterocycles. The molecule has 42 heavy (non-hydrogen) atoms. The van der Waals surface area contributed by atoms with Gasteiger partial charge < -0.3 is 19.5 Å². The molecular weight excluding hydrogens is 548 g/mol. The van der Waals surface area contributed by atoms with E-state index in [9.17, 15) is 14.0 Å². The fourth-order valence-electron chi connectivity index (χ4n) is 4.42. The van der Waals surface area contributed by atoms with Gasteiger partial charge in [-0.3, -0.25) is 19.3 Å². The predicted octanol–water partition coefficient (Wildman–Crippen LogP) is 5.52. The first-order chi connectivity index (χ1) is 20.2. The number of anilines is 1. The second-order valence-corrected chi connectivity index (χ2v) is 9.04. The predicted molar refractivity (Wildman–Crippen MR) is 151 cm³/mol. The third kappa shape index (κ3) is 5.33. The highest BCUT2D eigenvalue weighted by atomic mass is 19.1. The molecular formula is C30H25F2N5O5. The van der Waals surface area contributed by atoms with Gasteiger partial charge in [0.2, 0.25) is 5.43 Å². The molecule has 0 atom stereocenters. The first-order valence-corrected chi connectivity index (χ1v) is 12.8. The number of amides is 1. The molecule has 0 aliphatic rings. The third-order valence-electron chi connectivity index (χ3n) is 6.49. The molecule has 3 aromatic heterocycles. The number of pyridine rings is 2. The van der Waals surface area contributed by atoms with Crippen LogP contribution in [0.25, 0.3) is 22.2 Å². The van der Waals surface area contributed by atoms with E-state index in [4.69, 9.17) is 14.2 Å². The van der Waals surface area contributed by atoms with Gasteiger partial charge in [-0.25, -0.2) is 13.8 Å². The number of carbonyl (C=O) groups is 1. The van der Waals surface area contributed by atoms with E-state index in [0.717, 1.165) is 6.07 Å². The number of halogens is 2. The van der Waals surface area contributed by atoms with E-state index in [1.54, 1.807) is 13.0 Å². The van der Waals surface area contributed by atoms with Crippen molar-refractivity contribution in [1.82, 2.24) is 19.7 Å². The summed E-state index contributed by atoms with van der Waals surface area (Å²) in [4.78, 5) is 35.1. The Morgan fingerprint density at radius 2 is 1.74 bits per heavy atom. The summed E-state index contributed by atoms with van der Waals surface area (Å²) in [5, 5.41) is 6.73. The summed E-state index contributed by atoms with van der Waals surface area (Å²) in [5.41, 5.74) is 1.000. The van der Waals surface area contributed by atoms with Gasteiger partial charge in [0, 0.05) is 42.3 Å². The van der Waals surface area contributed by atoms with Crippen molar-refractivity contribution in [2.45, 2.75) is 20.4 Å². The van der Waals surface area contributed by atoms with E-state index < -0.39 is 23.0 Å². The highest BCUT2D eigenvalue weighted by molar-refractivity contribution is 6.03. The van der Waals surface area contributed by atoms with E-state index >= 15 is 4.39 Å². The average Bonchev–Trinajstić information content (AvgIpc) is 2.99. The third-order valence-corrected chi connectivity index (χ3v) is 6.49. The van der Waals surface area contributed by atoms with E-state index in [1.807, 2.05) is 6.92 Å². The van der Waals surface area contributed by atoms with Crippen LogP contribution in [0.5, 0.6) is 23.1 Å². The van der Waals surface area contributed by atoms with Gasteiger partial charge in [-0.1, -0.05) is 12.1 Å². The van der Waals surface area contributed by atoms with Crippen LogP contribution in [-0.4, -0.2) is 39.9 Å². The molecule has 214 valence electrons. The topological polar surface area (TPSA) is 117 Å². The number of carbonyl (C=O) groups excluding carboxylic acids is 1. The van der Waals surface area contributed by atoms with E-state index in [1.165, 1.54) is 67.6 Å². The smallest absolute Gasteiger partial charge is 0.280 e. The highest BCUT2D eigenvalue weighted by Gasteiger charge is 2.22. The number of nitrogens with one attached hydrogen (secondary N) is 1. The Balaban J connectivity index is 1.43. The fraction of sp³-hybridized carbons (Fsp3) is 0.167. The molecule has 0 spiro atoms. The lowest BCUT2D eigenvalue weighted by molar-refractivity contribution is 0.101. The van der Waals surface area contributed by atoms with Gasteiger partial charge in [0.25, 0.3) is 11.8 Å². The van der Waals surface area contributed by atoms with Crippen molar-refractivity contribution >= 4 is 22.6 Å². The number of hydrogen-bond acceptors (Lipinski definition) is 8. The second kappa shape index (κ2) is 11.6. The van der Waals surface area contributed by atoms with Crippen molar-refractivity contribution < 1.29 is 27.8 Å². The number of ether oxygens (including phenoxy) is 3. The van der Waals surface area contributed by atoms with Gasteiger partial charge in [0.05, 0.1) is 25.3 Å². The number of fused-ring (bicyclic) bond motifs is 1. The summed E-state index contributed by atoms with van der Waals surface area (Å²) in [6, 6.07) is 12.3. The van der Waals surface area contributed by atoms with Crippen molar-refractivity contribution in [2.75, 3.05) is 19.5 Å². The van der Waals surface area contributed by atoms with E-state index in [2.05, 4.69) is 20.4 Å². The fourth-order valence-corrected chi connectivity index (χ4v) is 4.42. The molecule has 0 fully saturated rings. The van der Waals surface area contributed by atoms with Gasteiger partial charge >= 0.3 is 0 Å². The Hall–Kier alpha value is -5.39. The number of nitrogens with zero attached hydrogens (tertiary/aromatic N) is 4. The molecule has 2 aromatic carbocycles. The van der Waals surface area contributed by atoms with Crippen LogP contribution in [0, 0.1) is 18.6 Å². The van der Waals surface area contributed by atoms with Gasteiger partial charge in [-0.2, -0.15) is 5.10 Å². The number of rotatable bonds is 8. The Morgan fingerprint density at radius 3 is 2.40 bits per heavy atom. The standard InChI is InChI=1S/C30H25F2N5O5/c1-5-37-16(2)25(17-6-8-18(31)9-7-17)28(38)27(36-37)29(39)34-19-10-11-22(20(32)14-19)42-23-12-13-33-21-15-24(40-3)30(41-4)35-26(21)23/h6-15H,5H2,1-4H3,(H,34,39). The van der Waals surface area contributed by atoms with Crippen LogP contribution in [0.2, 0.25) is 0 Å². The van der Waals surface area contributed by atoms with Crippen molar-refractivity contribution in [1.29, 1.82) is 0 Å². The minimum absolute atomic E-state index is 0.0714. The van der Waals surface area contributed by atoms with Crippen LogP contribution in [0.1, 0.15) is 23.1 Å². The molecule has 1 amide bonds. The first-order valence-electron chi connectivity index (χ1n) is 12.8. The summed E-state index contributed by atoms with van der Waals surface area (Å²) >= 11 is 0. The molecule has 3 heterocycles. The molecule has 1 N–H and O–H groups in total. The summed E-state index contributed by atoms with van der Waals surface area (Å²) in [6.07, 6.45) is 1.48. The Bertz CT molecular complexity index is 1880. The van der Waals surface area contributed by atoms with Gasteiger partial charge in [0.15, 0.2) is 28.8 Å². The maximum atomic E-state index is 15.2. The zero-order chi connectivity index (χ0) is 30.0. The molecule has 0 unspecified atom stereocenters. The van der Waals surface area contributed by atoms with Crippen LogP contribution in [0.15, 0.2) is 65.6 Å². The first kappa shape index (κ1) is 28.1. The number of aromatic nitrogens is 4. The maximum Gasteiger partial charge on any atom is 0.280 e. The molecule has 0 saturated carbocycles. The molecule has 0 aliphatic carbocycles. The molecule has 12 heteroatoms. The summed E-state index contributed by atoms with van der Waals surface area (Å²) in [5.74, 6) is -1.42. The van der Waals surface area contributed by atoms with Crippen molar-refractivity contribution in [3.05, 3.63) is 94.0 Å². The van der Waals surface area contributed by atoms with Crippen LogP contribution < -0.4 is 25.0 Å². The molecule has 0 radical (unpaired) electrons. The Labute approximate surface area is 238 Å². The SMILES string of the molecule is CCn1nc(C(=O)Nc2ccc(Oc3ccnc4cc(OC)c(OC)nc34)c(F)c2)c(=O)c(-c2ccc(F)cc2)c1C. The summed E-state index contributed by atoms with van der Waals surface area (Å²) < 4.78 is 46.5. The number of benzene rings is 2. The lowest BCUT2D eigenvalue weighted by Crippen LogP contribution is -2.29. The highest BCUT2D eigenvalue weighted by Crippen LogP contribution is 2.35. The average molecular weight is 574 g/mol. The minimum Gasteiger partial charge on any atom is -0.491 e. The van der Waals surface area contributed by atoms with Crippen molar-refractivity contribution in [3.63, 3.8) is 0 Å². The lowest BCUT2D eigenvalue weighted by Gasteiger charge is -2.15. The minimum atomic E-state index is -0.830. The summed E-state index contributed by atoms with van der Waals surface area (Å²) in [7, 11) is 2.91. The van der Waals surface area contributed by atoms with Gasteiger partial charge in [-0.05, 0) is 43.7 Å². The monoisotopic (exact) mass is 573 g/mol. The van der Waals surface area contributed by atoms with Gasteiger partial charge in [0.1, 0.15) is 11.3 Å². The Kier molecular flexibility index (Phi) is 7.78. The van der Waals surface area contributed by atoms with Crippen molar-refractivity contribution in [2.24, 2.45) is 0 Å². The van der Waals surface area contributed by atoms with Crippen LogP contribution in [-0.2, 0) is 6.54 Å². The van der Waals surface area contributed by atoms with Crippen LogP contribution >= 0.6 is 0 Å². The molecule has 10 nitrogen and oxygen atoms in total.